The molecule has 0 bridgehead atoms. The highest BCUT2D eigenvalue weighted by Gasteiger charge is 2.17. The van der Waals surface area contributed by atoms with E-state index in [9.17, 15) is 0 Å². The maximum Gasteiger partial charge on any atom is 0.188 e. The Morgan fingerprint density at radius 2 is 2.17 bits per heavy atom. The van der Waals surface area contributed by atoms with Crippen LogP contribution in [0.15, 0.2) is 18.2 Å². The summed E-state index contributed by atoms with van der Waals surface area (Å²) in [5.74, 6) is 2.08. The zero-order valence-electron chi connectivity index (χ0n) is 11.1. The first-order valence-electron chi connectivity index (χ1n) is 6.35. The lowest BCUT2D eigenvalue weighted by Gasteiger charge is -2.23. The smallest absolute Gasteiger partial charge is 0.188 e. The molecular formula is C14H21NO3. The van der Waals surface area contributed by atoms with Crippen molar-refractivity contribution in [2.24, 2.45) is 0 Å². The van der Waals surface area contributed by atoms with E-state index in [1.807, 2.05) is 6.07 Å². The molecule has 1 heterocycles. The van der Waals surface area contributed by atoms with Crippen LogP contribution in [-0.4, -0.2) is 34.1 Å². The summed E-state index contributed by atoms with van der Waals surface area (Å²) in [5, 5.41) is 3.43. The highest BCUT2D eigenvalue weighted by Crippen LogP contribution is 2.32. The highest BCUT2D eigenvalue weighted by atomic mass is 16.7. The molecule has 0 saturated carbocycles. The Hall–Kier alpha value is -1.26. The lowest BCUT2D eigenvalue weighted by molar-refractivity contribution is 0.0491. The molecule has 1 unspecified atom stereocenters. The molecule has 1 aliphatic heterocycles. The van der Waals surface area contributed by atoms with Crippen molar-refractivity contribution in [3.63, 3.8) is 0 Å². The summed E-state index contributed by atoms with van der Waals surface area (Å²) < 4.78 is 15.7. The lowest BCUT2D eigenvalue weighted by Crippen LogP contribution is -2.28. The van der Waals surface area contributed by atoms with Crippen LogP contribution >= 0.6 is 0 Å². The van der Waals surface area contributed by atoms with Gasteiger partial charge in [-0.05, 0) is 43.0 Å². The fraction of sp³-hybridized carbons (Fsp3) is 0.571. The van der Waals surface area contributed by atoms with E-state index in [1.165, 1.54) is 18.4 Å². The van der Waals surface area contributed by atoms with Gasteiger partial charge in [-0.2, -0.15) is 0 Å². The van der Waals surface area contributed by atoms with E-state index >= 15 is 0 Å². The van der Waals surface area contributed by atoms with Crippen LogP contribution in [0, 0.1) is 0 Å². The standard InChI is InChI=1S/C14H21NO3/c1-16-10-18-13-6-5-11(8-14(13)17-2)12-4-3-7-15-9-12/h5-6,8,12,15H,3-4,7,9-10H2,1-2H3. The molecule has 1 atom stereocenters. The number of hydrogen-bond acceptors (Lipinski definition) is 4. The normalized spacial score (nSPS) is 19.6. The Morgan fingerprint density at radius 3 is 2.83 bits per heavy atom. The average molecular weight is 251 g/mol. The summed E-state index contributed by atoms with van der Waals surface area (Å²) in [6.45, 7) is 2.41. The third kappa shape index (κ3) is 3.15. The van der Waals surface area contributed by atoms with Gasteiger partial charge in [0.15, 0.2) is 18.3 Å². The van der Waals surface area contributed by atoms with Crippen LogP contribution in [0.4, 0.5) is 0 Å². The second kappa shape index (κ2) is 6.61. The van der Waals surface area contributed by atoms with Crippen LogP contribution in [0.1, 0.15) is 24.3 Å². The molecule has 0 radical (unpaired) electrons. The Balaban J connectivity index is 2.12. The molecule has 0 amide bonds. The van der Waals surface area contributed by atoms with Crippen LogP contribution in [0.5, 0.6) is 11.5 Å². The summed E-state index contributed by atoms with van der Waals surface area (Å²) >= 11 is 0. The zero-order chi connectivity index (χ0) is 12.8. The van der Waals surface area contributed by atoms with Crippen LogP contribution in [0.2, 0.25) is 0 Å². The van der Waals surface area contributed by atoms with E-state index in [1.54, 1.807) is 14.2 Å². The minimum atomic E-state index is 0.237. The van der Waals surface area contributed by atoms with E-state index in [2.05, 4.69) is 17.4 Å². The van der Waals surface area contributed by atoms with Crippen LogP contribution in [0.3, 0.4) is 0 Å². The molecule has 1 fully saturated rings. The Kier molecular flexibility index (Phi) is 4.84. The first-order valence-corrected chi connectivity index (χ1v) is 6.35. The summed E-state index contributed by atoms with van der Waals surface area (Å²) in [6.07, 6.45) is 2.46. The minimum Gasteiger partial charge on any atom is -0.493 e. The molecule has 1 N–H and O–H groups in total. The number of piperidine rings is 1. The fourth-order valence-electron chi connectivity index (χ4n) is 2.32. The first-order chi connectivity index (χ1) is 8.85. The third-order valence-corrected chi connectivity index (χ3v) is 3.29. The van der Waals surface area contributed by atoms with E-state index < -0.39 is 0 Å². The molecule has 2 rings (SSSR count). The number of methoxy groups -OCH3 is 2. The minimum absolute atomic E-state index is 0.237. The molecule has 1 aromatic carbocycles. The van der Waals surface area contributed by atoms with Crippen LogP contribution in [-0.2, 0) is 4.74 Å². The maximum atomic E-state index is 5.46. The fourth-order valence-corrected chi connectivity index (χ4v) is 2.32. The van der Waals surface area contributed by atoms with Gasteiger partial charge in [-0.1, -0.05) is 6.07 Å². The molecule has 0 aromatic heterocycles. The van der Waals surface area contributed by atoms with Crippen molar-refractivity contribution < 1.29 is 14.2 Å². The average Bonchev–Trinajstić information content (AvgIpc) is 2.46. The molecule has 1 aromatic rings. The second-order valence-electron chi connectivity index (χ2n) is 4.50. The third-order valence-electron chi connectivity index (χ3n) is 3.29. The topological polar surface area (TPSA) is 39.7 Å². The maximum absolute atomic E-state index is 5.46. The van der Waals surface area contributed by atoms with Gasteiger partial charge < -0.3 is 19.5 Å². The van der Waals surface area contributed by atoms with E-state index in [-0.39, 0.29) is 6.79 Å². The predicted molar refractivity (Wildman–Crippen MR) is 70.3 cm³/mol. The van der Waals surface area contributed by atoms with Crippen molar-refractivity contribution in [3.8, 4) is 11.5 Å². The largest absolute Gasteiger partial charge is 0.493 e. The van der Waals surface area contributed by atoms with Gasteiger partial charge in [0.1, 0.15) is 0 Å². The molecule has 4 nitrogen and oxygen atoms in total. The van der Waals surface area contributed by atoms with E-state index in [0.29, 0.717) is 5.92 Å². The van der Waals surface area contributed by atoms with Gasteiger partial charge in [-0.3, -0.25) is 0 Å². The van der Waals surface area contributed by atoms with Crippen LogP contribution < -0.4 is 14.8 Å². The summed E-state index contributed by atoms with van der Waals surface area (Å²) in [7, 11) is 3.27. The number of rotatable bonds is 5. The number of benzene rings is 1. The van der Waals surface area contributed by atoms with Crippen molar-refractivity contribution in [1.29, 1.82) is 0 Å². The summed E-state index contributed by atoms with van der Waals surface area (Å²) in [6, 6.07) is 6.15. The van der Waals surface area contributed by atoms with Gasteiger partial charge in [0.25, 0.3) is 0 Å². The molecule has 0 spiro atoms. The van der Waals surface area contributed by atoms with E-state index in [4.69, 9.17) is 14.2 Å². The summed E-state index contributed by atoms with van der Waals surface area (Å²) in [4.78, 5) is 0. The van der Waals surface area contributed by atoms with Gasteiger partial charge in [-0.25, -0.2) is 0 Å². The zero-order valence-corrected chi connectivity index (χ0v) is 11.1. The molecule has 100 valence electrons. The molecule has 4 heteroatoms. The second-order valence-corrected chi connectivity index (χ2v) is 4.50. The Labute approximate surface area is 108 Å². The first kappa shape index (κ1) is 13.2. The van der Waals surface area contributed by atoms with Gasteiger partial charge in [0, 0.05) is 13.7 Å². The van der Waals surface area contributed by atoms with Crippen LogP contribution in [0.25, 0.3) is 0 Å². The van der Waals surface area contributed by atoms with E-state index in [0.717, 1.165) is 24.6 Å². The SMILES string of the molecule is COCOc1ccc(C2CCCNC2)cc1OC. The van der Waals surface area contributed by atoms with Crippen molar-refractivity contribution >= 4 is 0 Å². The van der Waals surface area contributed by atoms with Crippen molar-refractivity contribution in [3.05, 3.63) is 23.8 Å². The number of nitrogens with one attached hydrogen (secondary N) is 1. The predicted octanol–water partition coefficient (Wildman–Crippen LogP) is 2.14. The van der Waals surface area contributed by atoms with Crippen molar-refractivity contribution in [1.82, 2.24) is 5.32 Å². The monoisotopic (exact) mass is 251 g/mol. The van der Waals surface area contributed by atoms with Crippen molar-refractivity contribution in [2.45, 2.75) is 18.8 Å². The highest BCUT2D eigenvalue weighted by molar-refractivity contribution is 5.44. The van der Waals surface area contributed by atoms with Gasteiger partial charge in [-0.15, -0.1) is 0 Å². The van der Waals surface area contributed by atoms with Gasteiger partial charge in [0.05, 0.1) is 7.11 Å². The Bertz CT molecular complexity index is 375. The lowest BCUT2D eigenvalue weighted by atomic mass is 9.91. The Morgan fingerprint density at radius 1 is 1.28 bits per heavy atom. The molecule has 18 heavy (non-hydrogen) atoms. The number of hydrogen-bond donors (Lipinski definition) is 1. The summed E-state index contributed by atoms with van der Waals surface area (Å²) in [5.41, 5.74) is 1.31. The van der Waals surface area contributed by atoms with Gasteiger partial charge >= 0.3 is 0 Å². The van der Waals surface area contributed by atoms with Gasteiger partial charge in [0.2, 0.25) is 0 Å². The molecule has 1 saturated heterocycles. The molecule has 0 aliphatic carbocycles. The quantitative estimate of drug-likeness (QED) is 0.814. The molecule has 1 aliphatic rings. The van der Waals surface area contributed by atoms with Crippen molar-refractivity contribution in [2.75, 3.05) is 34.1 Å². The number of ether oxygens (including phenoxy) is 3. The molecular weight excluding hydrogens is 230 g/mol.